The highest BCUT2D eigenvalue weighted by molar-refractivity contribution is 7.72. The van der Waals surface area contributed by atoms with E-state index in [9.17, 15) is 9.90 Å². The summed E-state index contributed by atoms with van der Waals surface area (Å²) in [6.45, 7) is 3.04. The number of halogens is 1. The molecule has 1 saturated heterocycles. The van der Waals surface area contributed by atoms with Crippen molar-refractivity contribution >= 4 is 41.9 Å². The number of nitrogens with two attached hydrogens (primary N) is 1. The molecular formula is C14H21ClN5O3P. The van der Waals surface area contributed by atoms with E-state index in [2.05, 4.69) is 34.6 Å². The summed E-state index contributed by atoms with van der Waals surface area (Å²) < 4.78 is 7.50. The number of H-pyrrole nitrogens is 1. The largest absolute Gasteiger partial charge is 0.389 e. The van der Waals surface area contributed by atoms with Gasteiger partial charge in [0, 0.05) is 0 Å². The lowest BCUT2D eigenvalue weighted by Gasteiger charge is -2.18. The molecule has 8 nitrogen and oxygen atoms in total. The van der Waals surface area contributed by atoms with E-state index >= 15 is 0 Å². The van der Waals surface area contributed by atoms with Crippen molar-refractivity contribution in [3.8, 4) is 0 Å². The standard InChI is InChI=1S/C14H21ClN5O3P/c1-24(2,3)5-4-7-10(21)8(15)13(23-7)20-6-17-9-11(20)18-14(16)19-12(9)22/h6-8,10,13,21H,1,4-5H2,2-3H3,(H3,16,18,19,22)/t7?,8-,10-,13?/m1/s1. The maximum absolute atomic E-state index is 11.9. The first-order valence-electron chi connectivity index (χ1n) is 7.54. The van der Waals surface area contributed by atoms with Crippen molar-refractivity contribution in [2.24, 2.45) is 0 Å². The number of imidazole rings is 1. The molecule has 2 aromatic heterocycles. The van der Waals surface area contributed by atoms with E-state index in [1.807, 2.05) is 0 Å². The summed E-state index contributed by atoms with van der Waals surface area (Å²) in [6, 6.07) is 0. The van der Waals surface area contributed by atoms with Gasteiger partial charge in [0.1, 0.15) is 11.5 Å². The number of nitrogens with zero attached hydrogens (tertiary/aromatic N) is 3. The van der Waals surface area contributed by atoms with Gasteiger partial charge in [-0.3, -0.25) is 14.3 Å². The second kappa shape index (κ2) is 6.19. The molecule has 3 heterocycles. The average Bonchev–Trinajstić information content (AvgIpc) is 3.00. The van der Waals surface area contributed by atoms with Crippen LogP contribution >= 0.6 is 18.5 Å². The first-order valence-corrected chi connectivity index (χ1v) is 11.0. The summed E-state index contributed by atoms with van der Waals surface area (Å²) in [5, 5.41) is 9.71. The van der Waals surface area contributed by atoms with E-state index in [0.29, 0.717) is 6.42 Å². The van der Waals surface area contributed by atoms with E-state index < -0.39 is 36.3 Å². The van der Waals surface area contributed by atoms with Crippen molar-refractivity contribution in [3.63, 3.8) is 0 Å². The Kier molecular flexibility index (Phi) is 4.51. The first kappa shape index (κ1) is 17.5. The van der Waals surface area contributed by atoms with Crippen LogP contribution < -0.4 is 11.3 Å². The number of aromatic nitrogens is 4. The number of aromatic amines is 1. The van der Waals surface area contributed by atoms with Gasteiger partial charge in [0.2, 0.25) is 5.95 Å². The highest BCUT2D eigenvalue weighted by Gasteiger charge is 2.44. The molecule has 0 bridgehead atoms. The molecule has 132 valence electrons. The summed E-state index contributed by atoms with van der Waals surface area (Å²) in [5.74, 6) is -0.0147. The van der Waals surface area contributed by atoms with Gasteiger partial charge < -0.3 is 15.6 Å². The van der Waals surface area contributed by atoms with Crippen LogP contribution in [-0.2, 0) is 4.74 Å². The van der Waals surface area contributed by atoms with E-state index in [1.54, 1.807) is 4.57 Å². The fraction of sp³-hybridized carbons (Fsp3) is 0.571. The van der Waals surface area contributed by atoms with Crippen molar-refractivity contribution in [2.75, 3.05) is 25.2 Å². The number of hydrogen-bond acceptors (Lipinski definition) is 6. The van der Waals surface area contributed by atoms with Crippen molar-refractivity contribution in [1.29, 1.82) is 0 Å². The molecule has 0 aromatic carbocycles. The Morgan fingerprint density at radius 2 is 2.29 bits per heavy atom. The number of fused-ring (bicyclic) bond motifs is 1. The van der Waals surface area contributed by atoms with Crippen molar-refractivity contribution in [1.82, 2.24) is 19.5 Å². The predicted octanol–water partition coefficient (Wildman–Crippen LogP) is 0.667. The molecule has 10 heteroatoms. The van der Waals surface area contributed by atoms with Gasteiger partial charge >= 0.3 is 0 Å². The van der Waals surface area contributed by atoms with E-state index in [0.717, 1.165) is 6.16 Å². The number of aliphatic hydroxyl groups is 1. The molecule has 4 N–H and O–H groups in total. The van der Waals surface area contributed by atoms with Crippen molar-refractivity contribution < 1.29 is 9.84 Å². The van der Waals surface area contributed by atoms with Crippen LogP contribution in [0.5, 0.6) is 0 Å². The minimum atomic E-state index is -1.22. The van der Waals surface area contributed by atoms with Crippen LogP contribution in [-0.4, -0.2) is 68.0 Å². The Labute approximate surface area is 144 Å². The minimum absolute atomic E-state index is 0.0147. The molecule has 2 aromatic rings. The Bertz CT molecular complexity index is 860. The lowest BCUT2D eigenvalue weighted by molar-refractivity contribution is -0.0176. The lowest BCUT2D eigenvalue weighted by atomic mass is 10.1. The smallest absolute Gasteiger partial charge is 0.280 e. The third-order valence-corrected chi connectivity index (χ3v) is 5.98. The van der Waals surface area contributed by atoms with Crippen LogP contribution in [0.1, 0.15) is 12.6 Å². The molecule has 0 aliphatic carbocycles. The SMILES string of the molecule is C=P(C)(C)CCC1OC(n2cnc3c(=O)[nH]c(N)nc32)[C@H](Cl)[C@@H]1O. The van der Waals surface area contributed by atoms with Gasteiger partial charge in [-0.15, -0.1) is 24.8 Å². The summed E-state index contributed by atoms with van der Waals surface area (Å²) in [4.78, 5) is 22.4. The Morgan fingerprint density at radius 3 is 2.96 bits per heavy atom. The highest BCUT2D eigenvalue weighted by Crippen LogP contribution is 2.41. The summed E-state index contributed by atoms with van der Waals surface area (Å²) in [7, 11) is 0. The molecule has 3 rings (SSSR count). The number of ether oxygens (including phenoxy) is 1. The third-order valence-electron chi connectivity index (χ3n) is 4.04. The number of hydrogen-bond donors (Lipinski definition) is 3. The highest BCUT2D eigenvalue weighted by atomic mass is 35.5. The summed E-state index contributed by atoms with van der Waals surface area (Å²) >= 11 is 6.37. The maximum Gasteiger partial charge on any atom is 0.280 e. The van der Waals surface area contributed by atoms with Crippen LogP contribution in [0.3, 0.4) is 0 Å². The lowest BCUT2D eigenvalue weighted by Crippen LogP contribution is -2.28. The molecule has 2 unspecified atom stereocenters. The van der Waals surface area contributed by atoms with E-state index in [4.69, 9.17) is 22.1 Å². The number of rotatable bonds is 4. The quantitative estimate of drug-likeness (QED) is 0.535. The van der Waals surface area contributed by atoms with Gasteiger partial charge in [0.05, 0.1) is 12.4 Å². The van der Waals surface area contributed by atoms with Gasteiger partial charge in [0.25, 0.3) is 5.56 Å². The number of nitrogen functional groups attached to an aromatic ring is 1. The predicted molar refractivity (Wildman–Crippen MR) is 97.5 cm³/mol. The summed E-state index contributed by atoms with van der Waals surface area (Å²) in [6.07, 6.45) is 5.28. The summed E-state index contributed by atoms with van der Waals surface area (Å²) in [5.41, 5.74) is 5.61. The molecule has 1 fully saturated rings. The second-order valence-electron chi connectivity index (χ2n) is 6.72. The van der Waals surface area contributed by atoms with Gasteiger partial charge in [-0.2, -0.15) is 4.98 Å². The van der Waals surface area contributed by atoms with Gasteiger partial charge in [-0.1, -0.05) is 0 Å². The molecule has 0 amide bonds. The molecule has 1 aliphatic rings. The fourth-order valence-corrected chi connectivity index (χ4v) is 4.07. The number of nitrogens with one attached hydrogen (secondary N) is 1. The van der Waals surface area contributed by atoms with Crippen LogP contribution in [0.15, 0.2) is 11.1 Å². The van der Waals surface area contributed by atoms with E-state index in [1.165, 1.54) is 6.33 Å². The van der Waals surface area contributed by atoms with Crippen molar-refractivity contribution in [3.05, 3.63) is 16.7 Å². The van der Waals surface area contributed by atoms with Gasteiger partial charge in [0.15, 0.2) is 17.4 Å². The first-order chi connectivity index (χ1) is 11.2. The number of anilines is 1. The molecule has 0 spiro atoms. The van der Waals surface area contributed by atoms with Crippen LogP contribution in [0.2, 0.25) is 0 Å². The zero-order valence-electron chi connectivity index (χ0n) is 13.5. The Morgan fingerprint density at radius 1 is 1.58 bits per heavy atom. The molecule has 0 saturated carbocycles. The maximum atomic E-state index is 11.9. The number of alkyl halides is 1. The van der Waals surface area contributed by atoms with Gasteiger partial charge in [-0.25, -0.2) is 4.98 Å². The van der Waals surface area contributed by atoms with E-state index in [-0.39, 0.29) is 17.1 Å². The Balaban J connectivity index is 1.90. The monoisotopic (exact) mass is 373 g/mol. The van der Waals surface area contributed by atoms with Crippen LogP contribution in [0, 0.1) is 0 Å². The zero-order valence-corrected chi connectivity index (χ0v) is 15.2. The van der Waals surface area contributed by atoms with Gasteiger partial charge in [-0.05, 0) is 25.9 Å². The van der Waals surface area contributed by atoms with Crippen molar-refractivity contribution in [2.45, 2.75) is 30.2 Å². The van der Waals surface area contributed by atoms with Crippen LogP contribution in [0.4, 0.5) is 5.95 Å². The second-order valence-corrected chi connectivity index (χ2v) is 11.5. The average molecular weight is 374 g/mol. The number of aliphatic hydroxyl groups excluding tert-OH is 1. The fourth-order valence-electron chi connectivity index (χ4n) is 2.77. The molecular weight excluding hydrogens is 353 g/mol. The third kappa shape index (κ3) is 3.24. The normalized spacial score (nSPS) is 27.8. The molecule has 4 atom stereocenters. The molecule has 24 heavy (non-hydrogen) atoms. The Hall–Kier alpha value is -1.34. The topological polar surface area (TPSA) is 119 Å². The molecule has 0 radical (unpaired) electrons. The zero-order chi connectivity index (χ0) is 17.6. The minimum Gasteiger partial charge on any atom is -0.389 e. The van der Waals surface area contributed by atoms with Crippen LogP contribution in [0.25, 0.3) is 11.2 Å². The molecule has 1 aliphatic heterocycles.